The minimum atomic E-state index is -4.15. The smallest absolute Gasteiger partial charge is 0.252 e. The third kappa shape index (κ3) is 4.74. The van der Waals surface area contributed by atoms with Gasteiger partial charge in [-0.15, -0.1) is 0 Å². The van der Waals surface area contributed by atoms with Gasteiger partial charge in [-0.25, -0.2) is 13.3 Å². The first-order chi connectivity index (χ1) is 16.2. The number of benzene rings is 3. The molecule has 1 fully saturated rings. The molecule has 4 rings (SSSR count). The Labute approximate surface area is 211 Å². The summed E-state index contributed by atoms with van der Waals surface area (Å²) < 4.78 is 34.3. The fraction of sp³-hybridized carbons (Fsp3) is 0.167. The normalized spacial score (nSPS) is 16.4. The summed E-state index contributed by atoms with van der Waals surface area (Å²) in [5.41, 5.74) is 0.866. The van der Waals surface area contributed by atoms with Crippen LogP contribution in [0.1, 0.15) is 12.0 Å². The van der Waals surface area contributed by atoms with Gasteiger partial charge >= 0.3 is 0 Å². The molecule has 0 N–H and O–H groups in total. The second kappa shape index (κ2) is 9.87. The summed E-state index contributed by atoms with van der Waals surface area (Å²) in [7, 11) is -2.64. The first-order valence-corrected chi connectivity index (χ1v) is 12.8. The van der Waals surface area contributed by atoms with E-state index in [4.69, 9.17) is 16.3 Å². The van der Waals surface area contributed by atoms with Gasteiger partial charge in [-0.3, -0.25) is 9.59 Å². The zero-order valence-electron chi connectivity index (χ0n) is 18.0. The lowest BCUT2D eigenvalue weighted by molar-refractivity contribution is -0.122. The SMILES string of the molecule is COc1ccc(N2C(=O)CC(N(Cc3ccccc3Cl)S(=O)(=O)c3ccc(Br)cc3)C2=O)cc1. The van der Waals surface area contributed by atoms with Gasteiger partial charge in [0.25, 0.3) is 5.91 Å². The monoisotopic (exact) mass is 562 g/mol. The van der Waals surface area contributed by atoms with E-state index in [1.807, 2.05) is 0 Å². The predicted octanol–water partition coefficient (Wildman–Crippen LogP) is 4.63. The van der Waals surface area contributed by atoms with E-state index in [-0.39, 0.29) is 17.9 Å². The van der Waals surface area contributed by atoms with Crippen LogP contribution >= 0.6 is 27.5 Å². The molecule has 176 valence electrons. The number of carbonyl (C=O) groups excluding carboxylic acids is 2. The summed E-state index contributed by atoms with van der Waals surface area (Å²) >= 11 is 9.61. The van der Waals surface area contributed by atoms with E-state index in [1.54, 1.807) is 60.7 Å². The Kier molecular flexibility index (Phi) is 7.09. The lowest BCUT2D eigenvalue weighted by atomic mass is 10.2. The quantitative estimate of drug-likeness (QED) is 0.391. The molecule has 2 amide bonds. The van der Waals surface area contributed by atoms with Crippen molar-refractivity contribution in [2.24, 2.45) is 0 Å². The molecule has 3 aromatic rings. The summed E-state index contributed by atoms with van der Waals surface area (Å²) in [5, 5.41) is 0.363. The first kappa shape index (κ1) is 24.4. The number of hydrogen-bond donors (Lipinski definition) is 0. The molecule has 0 aromatic heterocycles. The van der Waals surface area contributed by atoms with E-state index in [9.17, 15) is 18.0 Å². The van der Waals surface area contributed by atoms with Crippen molar-refractivity contribution in [2.45, 2.75) is 23.9 Å². The van der Waals surface area contributed by atoms with Crippen LogP contribution in [0.2, 0.25) is 5.02 Å². The Bertz CT molecular complexity index is 1330. The van der Waals surface area contributed by atoms with Gasteiger partial charge < -0.3 is 4.74 Å². The van der Waals surface area contributed by atoms with Crippen molar-refractivity contribution in [3.8, 4) is 5.75 Å². The lowest BCUT2D eigenvalue weighted by Crippen LogP contribution is -2.45. The Morgan fingerprint density at radius 3 is 2.29 bits per heavy atom. The van der Waals surface area contributed by atoms with E-state index < -0.39 is 27.9 Å². The van der Waals surface area contributed by atoms with E-state index >= 15 is 0 Å². The molecule has 7 nitrogen and oxygen atoms in total. The molecular weight excluding hydrogens is 544 g/mol. The Morgan fingerprint density at radius 2 is 1.68 bits per heavy atom. The number of carbonyl (C=O) groups is 2. The molecule has 1 heterocycles. The molecule has 0 bridgehead atoms. The van der Waals surface area contributed by atoms with Gasteiger partial charge in [-0.05, 0) is 60.2 Å². The van der Waals surface area contributed by atoms with Crippen molar-refractivity contribution in [3.05, 3.63) is 87.9 Å². The van der Waals surface area contributed by atoms with Crippen LogP contribution < -0.4 is 9.64 Å². The van der Waals surface area contributed by atoms with Crippen molar-refractivity contribution in [1.29, 1.82) is 0 Å². The van der Waals surface area contributed by atoms with E-state index in [0.717, 1.165) is 9.21 Å². The second-order valence-corrected chi connectivity index (χ2v) is 10.8. The molecule has 10 heteroatoms. The van der Waals surface area contributed by atoms with Crippen molar-refractivity contribution in [1.82, 2.24) is 4.31 Å². The molecule has 1 atom stereocenters. The summed E-state index contributed by atoms with van der Waals surface area (Å²) in [6, 6.07) is 18.1. The third-order valence-corrected chi connectivity index (χ3v) is 8.27. The van der Waals surface area contributed by atoms with Crippen LogP contribution in [-0.4, -0.2) is 37.7 Å². The van der Waals surface area contributed by atoms with Crippen molar-refractivity contribution in [3.63, 3.8) is 0 Å². The van der Waals surface area contributed by atoms with Gasteiger partial charge in [0.2, 0.25) is 15.9 Å². The number of imide groups is 1. The highest BCUT2D eigenvalue weighted by Crippen LogP contribution is 2.32. The molecule has 1 unspecified atom stereocenters. The number of rotatable bonds is 7. The first-order valence-electron chi connectivity index (χ1n) is 10.2. The van der Waals surface area contributed by atoms with E-state index in [2.05, 4.69) is 15.9 Å². The zero-order chi connectivity index (χ0) is 24.5. The highest BCUT2D eigenvalue weighted by molar-refractivity contribution is 9.10. The number of methoxy groups -OCH3 is 1. The van der Waals surface area contributed by atoms with Gasteiger partial charge in [0, 0.05) is 16.0 Å². The van der Waals surface area contributed by atoms with Crippen LogP contribution in [0.3, 0.4) is 0 Å². The fourth-order valence-corrected chi connectivity index (χ4v) is 5.76. The molecule has 0 radical (unpaired) electrons. The number of nitrogens with zero attached hydrogens (tertiary/aromatic N) is 2. The average Bonchev–Trinajstić information content (AvgIpc) is 3.12. The molecule has 1 aliphatic rings. The van der Waals surface area contributed by atoms with Gasteiger partial charge in [-0.2, -0.15) is 4.31 Å². The van der Waals surface area contributed by atoms with Crippen molar-refractivity contribution in [2.75, 3.05) is 12.0 Å². The number of ether oxygens (including phenoxy) is 1. The third-order valence-electron chi connectivity index (χ3n) is 5.51. The van der Waals surface area contributed by atoms with E-state index in [0.29, 0.717) is 26.5 Å². The van der Waals surface area contributed by atoms with Crippen LogP contribution in [-0.2, 0) is 26.2 Å². The maximum atomic E-state index is 13.7. The van der Waals surface area contributed by atoms with Crippen LogP contribution in [0.5, 0.6) is 5.75 Å². The van der Waals surface area contributed by atoms with E-state index in [1.165, 1.54) is 19.2 Å². The second-order valence-electron chi connectivity index (χ2n) is 7.58. The highest BCUT2D eigenvalue weighted by Gasteiger charge is 2.47. The molecule has 1 saturated heterocycles. The molecule has 34 heavy (non-hydrogen) atoms. The van der Waals surface area contributed by atoms with Gasteiger partial charge in [0.15, 0.2) is 0 Å². The Hall–Kier alpha value is -2.72. The number of hydrogen-bond acceptors (Lipinski definition) is 5. The standard InChI is InChI=1S/C24H20BrClN2O5S/c1-33-19-10-8-18(9-11-19)28-23(29)14-22(24(28)30)27(15-16-4-2-3-5-21(16)26)34(31,32)20-12-6-17(25)7-13-20/h2-13,22H,14-15H2,1H3. The molecule has 0 spiro atoms. The molecule has 0 saturated carbocycles. The van der Waals surface area contributed by atoms with Crippen LogP contribution in [0.4, 0.5) is 5.69 Å². The minimum Gasteiger partial charge on any atom is -0.497 e. The van der Waals surface area contributed by atoms with Crippen LogP contribution in [0.25, 0.3) is 0 Å². The summed E-state index contributed by atoms with van der Waals surface area (Å²) in [4.78, 5) is 27.4. The molecular formula is C24H20BrClN2O5S. The zero-order valence-corrected chi connectivity index (χ0v) is 21.2. The molecule has 1 aliphatic heterocycles. The van der Waals surface area contributed by atoms with Crippen molar-refractivity contribution < 1.29 is 22.7 Å². The lowest BCUT2D eigenvalue weighted by Gasteiger charge is -2.27. The van der Waals surface area contributed by atoms with Crippen molar-refractivity contribution >= 4 is 55.1 Å². The maximum absolute atomic E-state index is 13.7. The minimum absolute atomic E-state index is 0.00546. The maximum Gasteiger partial charge on any atom is 0.252 e. The summed E-state index contributed by atoms with van der Waals surface area (Å²) in [6.45, 7) is -0.168. The average molecular weight is 564 g/mol. The van der Waals surface area contributed by atoms with Crippen LogP contribution in [0.15, 0.2) is 82.2 Å². The fourth-order valence-electron chi connectivity index (χ4n) is 3.74. The number of anilines is 1. The summed E-state index contributed by atoms with van der Waals surface area (Å²) in [6.07, 6.45) is -0.287. The van der Waals surface area contributed by atoms with Gasteiger partial charge in [-0.1, -0.05) is 45.7 Å². The molecule has 0 aliphatic carbocycles. The highest BCUT2D eigenvalue weighted by atomic mass is 79.9. The van der Waals surface area contributed by atoms with Crippen LogP contribution in [0, 0.1) is 0 Å². The topological polar surface area (TPSA) is 84.0 Å². The predicted molar refractivity (Wildman–Crippen MR) is 132 cm³/mol. The Balaban J connectivity index is 1.75. The number of halogens is 2. The number of amides is 2. The Morgan fingerprint density at radius 1 is 1.03 bits per heavy atom. The van der Waals surface area contributed by atoms with Gasteiger partial charge in [0.1, 0.15) is 11.8 Å². The molecule has 3 aromatic carbocycles. The largest absolute Gasteiger partial charge is 0.497 e. The van der Waals surface area contributed by atoms with Gasteiger partial charge in [0.05, 0.1) is 24.1 Å². The summed E-state index contributed by atoms with van der Waals surface area (Å²) in [5.74, 6) is -0.546. The number of sulfonamides is 1.